The van der Waals surface area contributed by atoms with Gasteiger partial charge in [-0.3, -0.25) is 9.79 Å². The number of phenolic OH excluding ortho intramolecular Hbond substituents is 1. The first kappa shape index (κ1) is 9.51. The molecule has 78 valence electrons. The predicted molar refractivity (Wildman–Crippen MR) is 56.9 cm³/mol. The molecule has 0 fully saturated rings. The van der Waals surface area contributed by atoms with Crippen molar-refractivity contribution >= 4 is 17.3 Å². The normalized spacial score (nSPS) is 15.7. The van der Waals surface area contributed by atoms with E-state index in [0.29, 0.717) is 24.3 Å². The lowest BCUT2D eigenvalue weighted by molar-refractivity contribution is -0.114. The van der Waals surface area contributed by atoms with Crippen LogP contribution >= 0.6 is 0 Å². The average Bonchev–Trinajstić information content (AvgIpc) is 2.23. The first-order chi connectivity index (χ1) is 7.18. The van der Waals surface area contributed by atoms with Gasteiger partial charge in [0.05, 0.1) is 6.54 Å². The van der Waals surface area contributed by atoms with Crippen LogP contribution in [0.25, 0.3) is 0 Å². The van der Waals surface area contributed by atoms with E-state index in [0.717, 1.165) is 0 Å². The molecule has 1 heterocycles. The number of nitrogens with two attached hydrogens (primary N) is 1. The maximum Gasteiger partial charge on any atom is 0.270 e. The van der Waals surface area contributed by atoms with Crippen molar-refractivity contribution in [3.8, 4) is 5.75 Å². The molecule has 0 saturated carbocycles. The molecule has 4 N–H and O–H groups in total. The van der Waals surface area contributed by atoms with Crippen molar-refractivity contribution in [3.05, 3.63) is 23.8 Å². The third kappa shape index (κ3) is 1.76. The van der Waals surface area contributed by atoms with Crippen LogP contribution in [-0.4, -0.2) is 29.8 Å². The number of nitrogen functional groups attached to an aromatic ring is 1. The molecule has 0 atom stereocenters. The average molecular weight is 205 g/mol. The lowest BCUT2D eigenvalue weighted by Crippen LogP contribution is -2.38. The fraction of sp³-hybridized carbons (Fsp3) is 0.200. The Morgan fingerprint density at radius 1 is 1.47 bits per heavy atom. The molecule has 0 saturated heterocycles. The monoisotopic (exact) mass is 205 g/mol. The van der Waals surface area contributed by atoms with E-state index in [1.165, 1.54) is 12.1 Å². The van der Waals surface area contributed by atoms with Gasteiger partial charge in [0.2, 0.25) is 0 Å². The zero-order chi connectivity index (χ0) is 10.8. The minimum atomic E-state index is -0.251. The van der Waals surface area contributed by atoms with Crippen molar-refractivity contribution in [1.82, 2.24) is 5.32 Å². The van der Waals surface area contributed by atoms with E-state index in [-0.39, 0.29) is 17.4 Å². The summed E-state index contributed by atoms with van der Waals surface area (Å²) in [4.78, 5) is 15.6. The van der Waals surface area contributed by atoms with Crippen LogP contribution < -0.4 is 11.1 Å². The van der Waals surface area contributed by atoms with Gasteiger partial charge in [0, 0.05) is 17.8 Å². The van der Waals surface area contributed by atoms with E-state index >= 15 is 0 Å². The summed E-state index contributed by atoms with van der Waals surface area (Å²) in [5.41, 5.74) is 6.91. The molecule has 1 aliphatic heterocycles. The van der Waals surface area contributed by atoms with Gasteiger partial charge in [0.1, 0.15) is 11.5 Å². The van der Waals surface area contributed by atoms with E-state index in [4.69, 9.17) is 5.73 Å². The first-order valence-electron chi connectivity index (χ1n) is 4.60. The molecule has 5 heteroatoms. The van der Waals surface area contributed by atoms with Crippen molar-refractivity contribution < 1.29 is 9.90 Å². The highest BCUT2D eigenvalue weighted by Gasteiger charge is 2.19. The number of hydrogen-bond acceptors (Lipinski definition) is 4. The van der Waals surface area contributed by atoms with Gasteiger partial charge in [-0.25, -0.2) is 0 Å². The van der Waals surface area contributed by atoms with Gasteiger partial charge in [-0.15, -0.1) is 0 Å². The molecule has 1 amide bonds. The highest BCUT2D eigenvalue weighted by Crippen LogP contribution is 2.20. The van der Waals surface area contributed by atoms with Crippen LogP contribution in [0.1, 0.15) is 5.56 Å². The third-order valence-electron chi connectivity index (χ3n) is 2.17. The van der Waals surface area contributed by atoms with Crippen LogP contribution in [0.4, 0.5) is 5.69 Å². The summed E-state index contributed by atoms with van der Waals surface area (Å²) in [6.45, 7) is 1.08. The second kappa shape index (κ2) is 3.61. The van der Waals surface area contributed by atoms with E-state index in [1.54, 1.807) is 6.07 Å². The SMILES string of the molecule is Nc1ccc(O)cc1C1=NCCNC1=O. The Hall–Kier alpha value is -2.04. The lowest BCUT2D eigenvalue weighted by atomic mass is 10.1. The number of carbonyl (C=O) groups excluding carboxylic acids is 1. The maximum atomic E-state index is 11.5. The number of carbonyl (C=O) groups is 1. The summed E-state index contributed by atoms with van der Waals surface area (Å²) < 4.78 is 0. The standard InChI is InChI=1S/C10H11N3O2/c11-8-2-1-6(14)5-7(8)9-10(15)13-4-3-12-9/h1-2,5,14H,3-4,11H2,(H,13,15). The summed E-state index contributed by atoms with van der Waals surface area (Å²) in [7, 11) is 0. The number of amides is 1. The number of benzene rings is 1. The molecule has 2 rings (SSSR count). The number of nitrogens with one attached hydrogen (secondary N) is 1. The Balaban J connectivity index is 2.48. The smallest absolute Gasteiger partial charge is 0.270 e. The molecule has 0 bridgehead atoms. The van der Waals surface area contributed by atoms with Gasteiger partial charge in [-0.05, 0) is 18.2 Å². The fourth-order valence-electron chi connectivity index (χ4n) is 1.45. The second-order valence-electron chi connectivity index (χ2n) is 3.26. The van der Waals surface area contributed by atoms with Crippen molar-refractivity contribution in [3.63, 3.8) is 0 Å². The number of anilines is 1. The van der Waals surface area contributed by atoms with Gasteiger partial charge in [0.15, 0.2) is 0 Å². The van der Waals surface area contributed by atoms with Crippen LogP contribution in [0.3, 0.4) is 0 Å². The van der Waals surface area contributed by atoms with Gasteiger partial charge in [-0.2, -0.15) is 0 Å². The molecular weight excluding hydrogens is 194 g/mol. The van der Waals surface area contributed by atoms with E-state index in [2.05, 4.69) is 10.3 Å². The fourth-order valence-corrected chi connectivity index (χ4v) is 1.45. The highest BCUT2D eigenvalue weighted by atomic mass is 16.3. The molecule has 5 nitrogen and oxygen atoms in total. The highest BCUT2D eigenvalue weighted by molar-refractivity contribution is 6.46. The van der Waals surface area contributed by atoms with Gasteiger partial charge in [-0.1, -0.05) is 0 Å². The molecular formula is C10H11N3O2. The summed E-state index contributed by atoms with van der Waals surface area (Å²) in [5, 5.41) is 12.0. The van der Waals surface area contributed by atoms with Crippen LogP contribution in [0.5, 0.6) is 5.75 Å². The van der Waals surface area contributed by atoms with Crippen molar-refractivity contribution in [1.29, 1.82) is 0 Å². The molecule has 0 aliphatic carbocycles. The van der Waals surface area contributed by atoms with Crippen LogP contribution in [0.15, 0.2) is 23.2 Å². The summed E-state index contributed by atoms with van der Waals surface area (Å²) in [6.07, 6.45) is 0. The Morgan fingerprint density at radius 3 is 3.00 bits per heavy atom. The molecule has 0 aromatic heterocycles. The maximum absolute atomic E-state index is 11.5. The molecule has 0 spiro atoms. The Kier molecular flexibility index (Phi) is 2.29. The number of phenols is 1. The number of aliphatic imine (C=N–C) groups is 1. The third-order valence-corrected chi connectivity index (χ3v) is 2.17. The summed E-state index contributed by atoms with van der Waals surface area (Å²) >= 11 is 0. The van der Waals surface area contributed by atoms with Crippen LogP contribution in [0, 0.1) is 0 Å². The largest absolute Gasteiger partial charge is 0.508 e. The Labute approximate surface area is 86.6 Å². The minimum Gasteiger partial charge on any atom is -0.508 e. The molecule has 0 radical (unpaired) electrons. The van der Waals surface area contributed by atoms with Crippen LogP contribution in [-0.2, 0) is 4.79 Å². The second-order valence-corrected chi connectivity index (χ2v) is 3.26. The minimum absolute atomic E-state index is 0.0697. The first-order valence-corrected chi connectivity index (χ1v) is 4.60. The zero-order valence-electron chi connectivity index (χ0n) is 8.03. The zero-order valence-corrected chi connectivity index (χ0v) is 8.03. The molecule has 1 aromatic carbocycles. The van der Waals surface area contributed by atoms with Crippen LogP contribution in [0.2, 0.25) is 0 Å². The number of hydrogen-bond donors (Lipinski definition) is 3. The Morgan fingerprint density at radius 2 is 2.27 bits per heavy atom. The molecule has 15 heavy (non-hydrogen) atoms. The van der Waals surface area contributed by atoms with E-state index in [1.807, 2.05) is 0 Å². The van der Waals surface area contributed by atoms with Gasteiger partial charge in [0.25, 0.3) is 5.91 Å². The lowest BCUT2D eigenvalue weighted by Gasteiger charge is -2.14. The molecule has 0 unspecified atom stereocenters. The van der Waals surface area contributed by atoms with Crippen molar-refractivity contribution in [2.24, 2.45) is 4.99 Å². The van der Waals surface area contributed by atoms with Gasteiger partial charge >= 0.3 is 0 Å². The van der Waals surface area contributed by atoms with Gasteiger partial charge < -0.3 is 16.2 Å². The molecule has 1 aromatic rings. The Bertz CT molecular complexity index is 440. The summed E-state index contributed by atoms with van der Waals surface area (Å²) in [6, 6.07) is 4.47. The van der Waals surface area contributed by atoms with E-state index < -0.39 is 0 Å². The predicted octanol–water partition coefficient (Wildman–Crippen LogP) is -0.107. The van der Waals surface area contributed by atoms with Crippen molar-refractivity contribution in [2.45, 2.75) is 0 Å². The topological polar surface area (TPSA) is 87.7 Å². The number of nitrogens with zero attached hydrogens (tertiary/aromatic N) is 1. The van der Waals surface area contributed by atoms with Crippen molar-refractivity contribution in [2.75, 3.05) is 18.8 Å². The summed E-state index contributed by atoms with van der Waals surface area (Å²) in [5.74, 6) is -0.182. The van der Waals surface area contributed by atoms with E-state index in [9.17, 15) is 9.90 Å². The molecule has 1 aliphatic rings. The number of aromatic hydroxyl groups is 1. The number of rotatable bonds is 1. The quantitative estimate of drug-likeness (QED) is 0.441.